The zero-order valence-electron chi connectivity index (χ0n) is 8.68. The number of hydrogen-bond donors (Lipinski definition) is 1. The summed E-state index contributed by atoms with van der Waals surface area (Å²) in [4.78, 5) is 22.1. The molecule has 1 aromatic carbocycles. The fourth-order valence-corrected chi connectivity index (χ4v) is 1.36. The second-order valence-corrected chi connectivity index (χ2v) is 3.89. The highest BCUT2D eigenvalue weighted by Gasteiger charge is 2.14. The van der Waals surface area contributed by atoms with Crippen LogP contribution in [0.5, 0.6) is 0 Å². The third-order valence-electron chi connectivity index (χ3n) is 1.99. The van der Waals surface area contributed by atoms with Crippen molar-refractivity contribution in [1.29, 1.82) is 0 Å². The molecule has 1 aromatic rings. The molecule has 0 radical (unpaired) electrons. The highest BCUT2D eigenvalue weighted by molar-refractivity contribution is 6.34. The molecular weight excluding hydrogens is 228 g/mol. The molecule has 4 heteroatoms. The Morgan fingerprint density at radius 1 is 1.38 bits per heavy atom. The topological polar surface area (TPSA) is 54.4 Å². The van der Waals surface area contributed by atoms with Gasteiger partial charge >= 0.3 is 5.97 Å². The van der Waals surface area contributed by atoms with Crippen molar-refractivity contribution in [3.05, 3.63) is 41.5 Å². The lowest BCUT2D eigenvalue weighted by Crippen LogP contribution is -2.11. The first-order valence-corrected chi connectivity index (χ1v) is 5.14. The summed E-state index contributed by atoms with van der Waals surface area (Å²) in [6.45, 7) is 1.58. The summed E-state index contributed by atoms with van der Waals surface area (Å²) in [6.07, 6.45) is 2.37. The first-order valence-electron chi connectivity index (χ1n) is 4.70. The number of halogens is 1. The lowest BCUT2D eigenvalue weighted by molar-refractivity contribution is -0.131. The van der Waals surface area contributed by atoms with Crippen LogP contribution >= 0.6 is 11.6 Å². The molecule has 0 spiro atoms. The number of rotatable bonds is 4. The zero-order valence-corrected chi connectivity index (χ0v) is 9.44. The third kappa shape index (κ3) is 3.21. The van der Waals surface area contributed by atoms with E-state index in [0.717, 1.165) is 6.08 Å². The third-order valence-corrected chi connectivity index (χ3v) is 2.19. The largest absolute Gasteiger partial charge is 0.478 e. The molecule has 0 aromatic heterocycles. The van der Waals surface area contributed by atoms with Crippen LogP contribution < -0.4 is 0 Å². The van der Waals surface area contributed by atoms with Gasteiger partial charge in [0.2, 0.25) is 0 Å². The Morgan fingerprint density at radius 3 is 2.56 bits per heavy atom. The molecule has 1 atom stereocenters. The van der Waals surface area contributed by atoms with Gasteiger partial charge < -0.3 is 5.11 Å². The van der Waals surface area contributed by atoms with Crippen molar-refractivity contribution < 1.29 is 14.7 Å². The molecule has 16 heavy (non-hydrogen) atoms. The van der Waals surface area contributed by atoms with Crippen molar-refractivity contribution in [1.82, 2.24) is 0 Å². The van der Waals surface area contributed by atoms with E-state index in [2.05, 4.69) is 0 Å². The van der Waals surface area contributed by atoms with Gasteiger partial charge in [-0.05, 0) is 18.6 Å². The lowest BCUT2D eigenvalue weighted by atomic mass is 10.0. The van der Waals surface area contributed by atoms with Crippen molar-refractivity contribution in [3.63, 3.8) is 0 Å². The number of Topliss-reactive ketones (excluding diaryl/α,β-unsaturated/α-hetero) is 1. The van der Waals surface area contributed by atoms with Crippen molar-refractivity contribution in [3.8, 4) is 0 Å². The minimum absolute atomic E-state index is 0.215. The maximum atomic E-state index is 11.7. The molecule has 0 aliphatic carbocycles. The first kappa shape index (κ1) is 12.5. The lowest BCUT2D eigenvalue weighted by Gasteiger charge is -2.05. The second kappa shape index (κ2) is 5.47. The highest BCUT2D eigenvalue weighted by atomic mass is 35.5. The van der Waals surface area contributed by atoms with Gasteiger partial charge in [-0.25, -0.2) is 4.79 Å². The SMILES string of the molecule is CC(Cl)C(=O)c1ccccc1/C=C/C(=O)O. The van der Waals surface area contributed by atoms with Crippen LogP contribution in [0.3, 0.4) is 0 Å². The number of carbonyl (C=O) groups excluding carboxylic acids is 1. The van der Waals surface area contributed by atoms with Crippen LogP contribution in [0.1, 0.15) is 22.8 Å². The van der Waals surface area contributed by atoms with E-state index in [1.54, 1.807) is 31.2 Å². The van der Waals surface area contributed by atoms with Crippen LogP contribution in [0, 0.1) is 0 Å². The minimum Gasteiger partial charge on any atom is -0.478 e. The van der Waals surface area contributed by atoms with E-state index in [4.69, 9.17) is 16.7 Å². The normalized spacial score (nSPS) is 12.6. The van der Waals surface area contributed by atoms with Gasteiger partial charge in [-0.3, -0.25) is 4.79 Å². The summed E-state index contributed by atoms with van der Waals surface area (Å²) < 4.78 is 0. The maximum Gasteiger partial charge on any atom is 0.328 e. The molecule has 1 N–H and O–H groups in total. The van der Waals surface area contributed by atoms with Crippen molar-refractivity contribution in [2.75, 3.05) is 0 Å². The first-order chi connectivity index (χ1) is 7.52. The molecule has 0 aliphatic heterocycles. The van der Waals surface area contributed by atoms with Crippen molar-refractivity contribution in [2.24, 2.45) is 0 Å². The number of hydrogen-bond acceptors (Lipinski definition) is 2. The van der Waals surface area contributed by atoms with Crippen LogP contribution in [-0.4, -0.2) is 22.2 Å². The molecule has 1 rings (SSSR count). The van der Waals surface area contributed by atoms with Gasteiger partial charge in [0.05, 0.1) is 5.38 Å². The molecule has 0 heterocycles. The quantitative estimate of drug-likeness (QED) is 0.498. The summed E-state index contributed by atoms with van der Waals surface area (Å²) in [7, 11) is 0. The van der Waals surface area contributed by atoms with E-state index in [-0.39, 0.29) is 5.78 Å². The van der Waals surface area contributed by atoms with E-state index in [1.165, 1.54) is 6.08 Å². The maximum absolute atomic E-state index is 11.7. The molecule has 0 bridgehead atoms. The number of carbonyl (C=O) groups is 2. The molecule has 1 unspecified atom stereocenters. The Balaban J connectivity index is 3.10. The van der Waals surface area contributed by atoms with Crippen molar-refractivity contribution >= 4 is 29.4 Å². The summed E-state index contributed by atoms with van der Waals surface area (Å²) >= 11 is 5.71. The van der Waals surface area contributed by atoms with E-state index >= 15 is 0 Å². The molecular formula is C12H11ClO3. The Labute approximate surface area is 98.4 Å². The van der Waals surface area contributed by atoms with Gasteiger partial charge in [-0.15, -0.1) is 11.6 Å². The molecule has 0 aliphatic rings. The Kier molecular flexibility index (Phi) is 4.26. The van der Waals surface area contributed by atoms with Gasteiger partial charge in [0, 0.05) is 11.6 Å². The molecule has 3 nitrogen and oxygen atoms in total. The fraction of sp³-hybridized carbons (Fsp3) is 0.167. The fourth-order valence-electron chi connectivity index (χ4n) is 1.24. The highest BCUT2D eigenvalue weighted by Crippen LogP contribution is 2.15. The molecule has 0 saturated carbocycles. The summed E-state index contributed by atoms with van der Waals surface area (Å²) in [5, 5.41) is 7.89. The Hall–Kier alpha value is -1.61. The van der Waals surface area contributed by atoms with E-state index in [1.807, 2.05) is 0 Å². The number of aliphatic carboxylic acids is 1. The Morgan fingerprint density at radius 2 is 2.00 bits per heavy atom. The molecule has 0 amide bonds. The average Bonchev–Trinajstić information content (AvgIpc) is 2.25. The van der Waals surface area contributed by atoms with Crippen LogP contribution in [0.25, 0.3) is 6.08 Å². The number of benzene rings is 1. The van der Waals surface area contributed by atoms with Gasteiger partial charge in [-0.2, -0.15) is 0 Å². The summed E-state index contributed by atoms with van der Waals surface area (Å²) in [5.41, 5.74) is 0.991. The summed E-state index contributed by atoms with van der Waals surface area (Å²) in [6, 6.07) is 6.75. The molecule has 0 saturated heterocycles. The average molecular weight is 239 g/mol. The van der Waals surface area contributed by atoms with Crippen LogP contribution in [0.15, 0.2) is 30.3 Å². The minimum atomic E-state index is -1.05. The predicted molar refractivity (Wildman–Crippen MR) is 62.8 cm³/mol. The predicted octanol–water partition coefficient (Wildman–Crippen LogP) is 2.59. The Bertz CT molecular complexity index is 436. The van der Waals surface area contributed by atoms with Crippen molar-refractivity contribution in [2.45, 2.75) is 12.3 Å². The van der Waals surface area contributed by atoms with Gasteiger partial charge in [0.1, 0.15) is 0 Å². The molecule has 0 fully saturated rings. The second-order valence-electron chi connectivity index (χ2n) is 3.24. The zero-order chi connectivity index (χ0) is 12.1. The smallest absolute Gasteiger partial charge is 0.328 e. The standard InChI is InChI=1S/C12H11ClO3/c1-8(13)12(16)10-5-3-2-4-9(10)6-7-11(14)15/h2-8H,1H3,(H,14,15)/b7-6+. The van der Waals surface area contributed by atoms with Gasteiger partial charge in [-0.1, -0.05) is 24.3 Å². The summed E-state index contributed by atoms with van der Waals surface area (Å²) in [5.74, 6) is -1.27. The monoisotopic (exact) mass is 238 g/mol. The number of carboxylic acids is 1. The number of alkyl halides is 1. The van der Waals surface area contributed by atoms with Crippen LogP contribution in [-0.2, 0) is 4.79 Å². The number of ketones is 1. The number of carboxylic acid groups (broad SMARTS) is 1. The van der Waals surface area contributed by atoms with E-state index < -0.39 is 11.3 Å². The van der Waals surface area contributed by atoms with E-state index in [9.17, 15) is 9.59 Å². The van der Waals surface area contributed by atoms with E-state index in [0.29, 0.717) is 11.1 Å². The van der Waals surface area contributed by atoms with Crippen LogP contribution in [0.4, 0.5) is 0 Å². The van der Waals surface area contributed by atoms with Crippen LogP contribution in [0.2, 0.25) is 0 Å². The van der Waals surface area contributed by atoms with Gasteiger partial charge in [0.15, 0.2) is 5.78 Å². The molecule has 84 valence electrons. The van der Waals surface area contributed by atoms with Gasteiger partial charge in [0.25, 0.3) is 0 Å².